The molecule has 0 radical (unpaired) electrons. The molecule has 1 aliphatic heterocycles. The Kier molecular flexibility index (Phi) is 9.15. The molecule has 0 spiro atoms. The van der Waals surface area contributed by atoms with E-state index < -0.39 is 0 Å². The van der Waals surface area contributed by atoms with Crippen molar-refractivity contribution in [2.45, 2.75) is 31.8 Å². The van der Waals surface area contributed by atoms with Crippen LogP contribution in [-0.4, -0.2) is 59.1 Å². The zero-order chi connectivity index (χ0) is 17.7. The average molecular weight is 349 g/mol. The first-order valence-electron chi connectivity index (χ1n) is 9.09. The van der Waals surface area contributed by atoms with Gasteiger partial charge in [0.05, 0.1) is 13.2 Å². The smallest absolute Gasteiger partial charge is 0.190 e. The molecule has 140 valence electrons. The Hall–Kier alpha value is -1.79. The minimum atomic E-state index is 0.368. The molecule has 2 N–H and O–H groups in total. The molecule has 1 fully saturated rings. The molecule has 1 aromatic carbocycles. The third-order valence-corrected chi connectivity index (χ3v) is 4.24. The van der Waals surface area contributed by atoms with Crippen molar-refractivity contribution in [2.24, 2.45) is 4.99 Å². The molecular weight excluding hydrogens is 318 g/mol. The molecule has 6 nitrogen and oxygen atoms in total. The number of nitrogens with one attached hydrogen (secondary N) is 2. The van der Waals surface area contributed by atoms with E-state index in [-0.39, 0.29) is 0 Å². The summed E-state index contributed by atoms with van der Waals surface area (Å²) >= 11 is 0. The average Bonchev–Trinajstić information content (AvgIpc) is 2.67. The van der Waals surface area contributed by atoms with E-state index in [9.17, 15) is 0 Å². The highest BCUT2D eigenvalue weighted by molar-refractivity contribution is 5.79. The lowest BCUT2D eigenvalue weighted by Crippen LogP contribution is -2.39. The second-order valence-corrected chi connectivity index (χ2v) is 6.02. The van der Waals surface area contributed by atoms with Gasteiger partial charge in [0.15, 0.2) is 5.96 Å². The van der Waals surface area contributed by atoms with E-state index in [1.54, 1.807) is 14.2 Å². The maximum Gasteiger partial charge on any atom is 0.190 e. The summed E-state index contributed by atoms with van der Waals surface area (Å²) in [6, 6.07) is 8.09. The fourth-order valence-electron chi connectivity index (χ4n) is 2.82. The lowest BCUT2D eigenvalue weighted by molar-refractivity contribution is -0.0320. The molecule has 0 bridgehead atoms. The summed E-state index contributed by atoms with van der Waals surface area (Å²) in [5.74, 6) is 1.75. The number of nitrogens with zero attached hydrogens (tertiary/aromatic N) is 1. The minimum absolute atomic E-state index is 0.368. The van der Waals surface area contributed by atoms with Crippen LogP contribution < -0.4 is 15.4 Å². The van der Waals surface area contributed by atoms with Crippen LogP contribution in [-0.2, 0) is 15.9 Å². The number of aliphatic imine (C=N–C) groups is 1. The highest BCUT2D eigenvalue weighted by Crippen LogP contribution is 2.17. The Bertz CT molecular complexity index is 516. The van der Waals surface area contributed by atoms with Crippen molar-refractivity contribution in [1.29, 1.82) is 0 Å². The first kappa shape index (κ1) is 19.5. The van der Waals surface area contributed by atoms with Crippen LogP contribution in [0.1, 0.15) is 24.8 Å². The Balaban J connectivity index is 1.57. The number of hydrogen-bond donors (Lipinski definition) is 2. The number of rotatable bonds is 9. The van der Waals surface area contributed by atoms with Crippen LogP contribution in [0.3, 0.4) is 0 Å². The summed E-state index contributed by atoms with van der Waals surface area (Å²) in [5, 5.41) is 6.66. The highest BCUT2D eigenvalue weighted by Gasteiger charge is 2.13. The van der Waals surface area contributed by atoms with E-state index in [4.69, 9.17) is 14.2 Å². The van der Waals surface area contributed by atoms with Crippen molar-refractivity contribution in [3.63, 3.8) is 0 Å². The molecule has 0 amide bonds. The van der Waals surface area contributed by atoms with Gasteiger partial charge in [-0.15, -0.1) is 0 Å². The fourth-order valence-corrected chi connectivity index (χ4v) is 2.82. The standard InChI is InChI=1S/C19H31N3O3/c1-20-19(21-11-5-13-25-17-9-14-24-15-10-17)22-12-8-16-6-3-4-7-18(16)23-2/h3-4,6-7,17H,5,8-15H2,1-2H3,(H2,20,21,22). The van der Waals surface area contributed by atoms with Gasteiger partial charge >= 0.3 is 0 Å². The van der Waals surface area contributed by atoms with Crippen LogP contribution in [0.5, 0.6) is 5.75 Å². The summed E-state index contributed by atoms with van der Waals surface area (Å²) in [4.78, 5) is 4.26. The third-order valence-electron chi connectivity index (χ3n) is 4.24. The topological polar surface area (TPSA) is 64.1 Å². The lowest BCUT2D eigenvalue weighted by Gasteiger charge is -2.22. The molecule has 1 saturated heterocycles. The number of para-hydroxylation sites is 1. The summed E-state index contributed by atoms with van der Waals surface area (Å²) in [7, 11) is 3.49. The maximum atomic E-state index is 5.87. The first-order valence-corrected chi connectivity index (χ1v) is 9.09. The van der Waals surface area contributed by atoms with E-state index in [0.29, 0.717) is 6.10 Å². The second kappa shape index (κ2) is 11.7. The van der Waals surface area contributed by atoms with Crippen LogP contribution in [0.15, 0.2) is 29.3 Å². The van der Waals surface area contributed by atoms with Crippen molar-refractivity contribution < 1.29 is 14.2 Å². The quantitative estimate of drug-likeness (QED) is 0.405. The predicted molar refractivity (Wildman–Crippen MR) is 100 cm³/mol. The summed E-state index contributed by atoms with van der Waals surface area (Å²) in [6.45, 7) is 4.07. The maximum absolute atomic E-state index is 5.87. The van der Waals surface area contributed by atoms with Crippen molar-refractivity contribution >= 4 is 5.96 Å². The fraction of sp³-hybridized carbons (Fsp3) is 0.632. The van der Waals surface area contributed by atoms with Crippen molar-refractivity contribution in [3.05, 3.63) is 29.8 Å². The molecule has 1 aliphatic rings. The Labute approximate surface area is 151 Å². The lowest BCUT2D eigenvalue weighted by atomic mass is 10.1. The SMILES string of the molecule is CN=C(NCCCOC1CCOCC1)NCCc1ccccc1OC. The van der Waals surface area contributed by atoms with Crippen molar-refractivity contribution in [2.75, 3.05) is 47.1 Å². The zero-order valence-electron chi connectivity index (χ0n) is 15.4. The normalized spacial score (nSPS) is 15.8. The van der Waals surface area contributed by atoms with Gasteiger partial charge in [0, 0.05) is 40.0 Å². The summed E-state index contributed by atoms with van der Waals surface area (Å²) in [5.41, 5.74) is 1.19. The van der Waals surface area contributed by atoms with Gasteiger partial charge in [-0.2, -0.15) is 0 Å². The molecule has 1 heterocycles. The van der Waals surface area contributed by atoms with Crippen LogP contribution >= 0.6 is 0 Å². The minimum Gasteiger partial charge on any atom is -0.496 e. The molecule has 0 unspecified atom stereocenters. The van der Waals surface area contributed by atoms with Gasteiger partial charge in [-0.3, -0.25) is 4.99 Å². The van der Waals surface area contributed by atoms with Crippen LogP contribution in [0.25, 0.3) is 0 Å². The Morgan fingerprint density at radius 2 is 1.96 bits per heavy atom. The van der Waals surface area contributed by atoms with Gasteiger partial charge in [-0.05, 0) is 37.3 Å². The number of hydrogen-bond acceptors (Lipinski definition) is 4. The number of guanidine groups is 1. The molecular formula is C19H31N3O3. The second-order valence-electron chi connectivity index (χ2n) is 6.02. The highest BCUT2D eigenvalue weighted by atomic mass is 16.5. The van der Waals surface area contributed by atoms with Crippen molar-refractivity contribution in [3.8, 4) is 5.75 Å². The van der Waals surface area contributed by atoms with E-state index in [1.807, 2.05) is 18.2 Å². The molecule has 25 heavy (non-hydrogen) atoms. The van der Waals surface area contributed by atoms with Crippen LogP contribution in [0.2, 0.25) is 0 Å². The van der Waals surface area contributed by atoms with E-state index in [2.05, 4.69) is 21.7 Å². The number of benzene rings is 1. The van der Waals surface area contributed by atoms with Gasteiger partial charge in [0.2, 0.25) is 0 Å². The van der Waals surface area contributed by atoms with Crippen LogP contribution in [0, 0.1) is 0 Å². The van der Waals surface area contributed by atoms with Gasteiger partial charge in [-0.25, -0.2) is 0 Å². The molecule has 6 heteroatoms. The molecule has 1 aromatic rings. The van der Waals surface area contributed by atoms with E-state index in [1.165, 1.54) is 5.56 Å². The first-order chi connectivity index (χ1) is 12.3. The van der Waals surface area contributed by atoms with Crippen LogP contribution in [0.4, 0.5) is 0 Å². The van der Waals surface area contributed by atoms with Gasteiger partial charge < -0.3 is 24.8 Å². The molecule has 0 aliphatic carbocycles. The Morgan fingerprint density at radius 3 is 2.72 bits per heavy atom. The zero-order valence-corrected chi connectivity index (χ0v) is 15.4. The monoisotopic (exact) mass is 349 g/mol. The Morgan fingerprint density at radius 1 is 1.20 bits per heavy atom. The number of methoxy groups -OCH3 is 1. The molecule has 0 aromatic heterocycles. The molecule has 2 rings (SSSR count). The predicted octanol–water partition coefficient (Wildman–Crippen LogP) is 1.99. The third kappa shape index (κ3) is 7.32. The molecule has 0 atom stereocenters. The largest absolute Gasteiger partial charge is 0.496 e. The van der Waals surface area contributed by atoms with E-state index >= 15 is 0 Å². The van der Waals surface area contributed by atoms with Gasteiger partial charge in [-0.1, -0.05) is 18.2 Å². The number of ether oxygens (including phenoxy) is 3. The molecule has 0 saturated carbocycles. The van der Waals surface area contributed by atoms with Gasteiger partial charge in [0.1, 0.15) is 5.75 Å². The summed E-state index contributed by atoms with van der Waals surface area (Å²) < 4.78 is 16.6. The van der Waals surface area contributed by atoms with Gasteiger partial charge in [0.25, 0.3) is 0 Å². The summed E-state index contributed by atoms with van der Waals surface area (Å²) in [6.07, 6.45) is 4.24. The van der Waals surface area contributed by atoms with Crippen molar-refractivity contribution in [1.82, 2.24) is 10.6 Å². The van der Waals surface area contributed by atoms with E-state index in [0.717, 1.165) is 70.3 Å².